The monoisotopic (exact) mass is 305 g/mol. The number of carbonyl (C=O) groups is 1. The molecule has 0 aliphatic rings. The molecular formula is C16H10ClF2NO. The highest BCUT2D eigenvalue weighted by Crippen LogP contribution is 2.25. The van der Waals surface area contributed by atoms with Crippen LogP contribution >= 0.6 is 11.6 Å². The van der Waals surface area contributed by atoms with Crippen molar-refractivity contribution < 1.29 is 13.6 Å². The second-order valence-corrected chi connectivity index (χ2v) is 5.00. The van der Waals surface area contributed by atoms with E-state index >= 15 is 0 Å². The Hall–Kier alpha value is -2.25. The van der Waals surface area contributed by atoms with Crippen LogP contribution < -0.4 is 0 Å². The summed E-state index contributed by atoms with van der Waals surface area (Å²) in [5, 5.41) is 9.66. The van der Waals surface area contributed by atoms with E-state index < -0.39 is 23.3 Å². The molecular weight excluding hydrogens is 296 g/mol. The molecule has 0 radical (unpaired) electrons. The van der Waals surface area contributed by atoms with Crippen molar-refractivity contribution in [3.63, 3.8) is 0 Å². The predicted molar refractivity (Wildman–Crippen MR) is 75.2 cm³/mol. The zero-order chi connectivity index (χ0) is 15.6. The van der Waals surface area contributed by atoms with E-state index in [1.54, 1.807) is 12.1 Å². The van der Waals surface area contributed by atoms with Gasteiger partial charge < -0.3 is 0 Å². The first kappa shape index (κ1) is 15.1. The third-order valence-electron chi connectivity index (χ3n) is 3.11. The molecule has 2 rings (SSSR count). The van der Waals surface area contributed by atoms with Gasteiger partial charge in [0.15, 0.2) is 5.78 Å². The Morgan fingerprint density at radius 3 is 2.38 bits per heavy atom. The van der Waals surface area contributed by atoms with Gasteiger partial charge in [-0.1, -0.05) is 23.7 Å². The molecule has 0 amide bonds. The highest BCUT2D eigenvalue weighted by atomic mass is 35.5. The maximum Gasteiger partial charge on any atom is 0.187 e. The van der Waals surface area contributed by atoms with E-state index in [0.717, 1.165) is 6.07 Å². The smallest absolute Gasteiger partial charge is 0.187 e. The Balaban J connectivity index is 2.44. The maximum atomic E-state index is 13.8. The number of ketones is 1. The average molecular weight is 306 g/mol. The fourth-order valence-corrected chi connectivity index (χ4v) is 2.07. The van der Waals surface area contributed by atoms with E-state index in [1.807, 2.05) is 6.07 Å². The van der Waals surface area contributed by atoms with Crippen LogP contribution in [0.3, 0.4) is 0 Å². The number of aryl methyl sites for hydroxylation is 1. The van der Waals surface area contributed by atoms with Gasteiger partial charge in [0.2, 0.25) is 0 Å². The fourth-order valence-electron chi connectivity index (χ4n) is 1.94. The Kier molecular flexibility index (Phi) is 4.35. The summed E-state index contributed by atoms with van der Waals surface area (Å²) in [5.74, 6) is -3.58. The molecule has 0 heterocycles. The quantitative estimate of drug-likeness (QED) is 0.788. The van der Waals surface area contributed by atoms with E-state index in [9.17, 15) is 18.8 Å². The summed E-state index contributed by atoms with van der Waals surface area (Å²) >= 11 is 5.75. The first-order valence-corrected chi connectivity index (χ1v) is 6.46. The van der Waals surface area contributed by atoms with Crippen molar-refractivity contribution >= 4 is 17.4 Å². The molecule has 0 aliphatic heterocycles. The van der Waals surface area contributed by atoms with Crippen molar-refractivity contribution in [3.05, 3.63) is 69.7 Å². The summed E-state index contributed by atoms with van der Waals surface area (Å²) in [6, 6.07) is 9.76. The molecule has 1 unspecified atom stereocenters. The molecule has 2 aromatic carbocycles. The van der Waals surface area contributed by atoms with E-state index in [1.165, 1.54) is 19.1 Å². The molecule has 0 saturated heterocycles. The molecule has 0 bridgehead atoms. The third kappa shape index (κ3) is 3.09. The van der Waals surface area contributed by atoms with Gasteiger partial charge >= 0.3 is 0 Å². The minimum absolute atomic E-state index is 0.146. The number of Topliss-reactive ketones (excluding diaryl/α,β-unsaturated/α-hetero) is 1. The fraction of sp³-hybridized carbons (Fsp3) is 0.125. The standard InChI is InChI=1S/C16H10ClF2NO/c1-9-6-12(15(19)7-14(9)18)16(21)13(8-20)10-2-4-11(17)5-3-10/h2-7,13H,1H3. The number of halogens is 3. The number of hydrogen-bond donors (Lipinski definition) is 0. The molecule has 0 N–H and O–H groups in total. The van der Waals surface area contributed by atoms with Crippen molar-refractivity contribution in [2.24, 2.45) is 0 Å². The summed E-state index contributed by atoms with van der Waals surface area (Å²) in [5.41, 5.74) is 0.260. The summed E-state index contributed by atoms with van der Waals surface area (Å²) in [4.78, 5) is 12.3. The van der Waals surface area contributed by atoms with Gasteiger partial charge in [-0.3, -0.25) is 4.79 Å². The number of rotatable bonds is 3. The molecule has 2 nitrogen and oxygen atoms in total. The van der Waals surface area contributed by atoms with Crippen LogP contribution in [-0.4, -0.2) is 5.78 Å². The van der Waals surface area contributed by atoms with Crippen LogP contribution in [0.1, 0.15) is 27.4 Å². The summed E-state index contributed by atoms with van der Waals surface area (Å²) in [6.45, 7) is 1.43. The zero-order valence-electron chi connectivity index (χ0n) is 11.0. The predicted octanol–water partition coefficient (Wildman–Crippen LogP) is 4.42. The minimum Gasteiger partial charge on any atom is -0.292 e. The second-order valence-electron chi connectivity index (χ2n) is 4.56. The Bertz CT molecular complexity index is 735. The van der Waals surface area contributed by atoms with Gasteiger partial charge in [-0.25, -0.2) is 8.78 Å². The van der Waals surface area contributed by atoms with Crippen molar-refractivity contribution in [1.29, 1.82) is 5.26 Å². The van der Waals surface area contributed by atoms with E-state index in [-0.39, 0.29) is 11.1 Å². The Morgan fingerprint density at radius 1 is 1.19 bits per heavy atom. The van der Waals surface area contributed by atoms with Crippen LogP contribution in [0, 0.1) is 29.9 Å². The maximum absolute atomic E-state index is 13.8. The molecule has 106 valence electrons. The number of hydrogen-bond acceptors (Lipinski definition) is 2. The van der Waals surface area contributed by atoms with Crippen LogP contribution in [-0.2, 0) is 0 Å². The minimum atomic E-state index is -1.17. The normalized spacial score (nSPS) is 11.8. The molecule has 5 heteroatoms. The van der Waals surface area contributed by atoms with E-state index in [0.29, 0.717) is 16.7 Å². The lowest BCUT2D eigenvalue weighted by molar-refractivity contribution is 0.0974. The van der Waals surface area contributed by atoms with Gasteiger partial charge in [0.1, 0.15) is 17.6 Å². The average Bonchev–Trinajstić information content (AvgIpc) is 2.45. The number of nitrogens with zero attached hydrogens (tertiary/aromatic N) is 1. The highest BCUT2D eigenvalue weighted by Gasteiger charge is 2.25. The topological polar surface area (TPSA) is 40.9 Å². The van der Waals surface area contributed by atoms with Crippen molar-refractivity contribution in [3.8, 4) is 6.07 Å². The Morgan fingerprint density at radius 2 is 1.81 bits per heavy atom. The van der Waals surface area contributed by atoms with Crippen LogP contribution in [0.2, 0.25) is 5.02 Å². The lowest BCUT2D eigenvalue weighted by atomic mass is 9.91. The van der Waals surface area contributed by atoms with Gasteiger partial charge in [0, 0.05) is 11.1 Å². The van der Waals surface area contributed by atoms with Gasteiger partial charge in [0.05, 0.1) is 11.6 Å². The molecule has 0 spiro atoms. The van der Waals surface area contributed by atoms with E-state index in [4.69, 9.17) is 11.6 Å². The van der Waals surface area contributed by atoms with Crippen molar-refractivity contribution in [1.82, 2.24) is 0 Å². The third-order valence-corrected chi connectivity index (χ3v) is 3.36. The summed E-state index contributed by atoms with van der Waals surface area (Å²) < 4.78 is 27.0. The van der Waals surface area contributed by atoms with Gasteiger partial charge in [-0.05, 0) is 36.2 Å². The lowest BCUT2D eigenvalue weighted by Crippen LogP contribution is -2.13. The molecule has 0 aromatic heterocycles. The lowest BCUT2D eigenvalue weighted by Gasteiger charge is -2.10. The molecule has 0 aliphatic carbocycles. The molecule has 0 fully saturated rings. The van der Waals surface area contributed by atoms with Crippen molar-refractivity contribution in [2.75, 3.05) is 0 Å². The summed E-state index contributed by atoms with van der Waals surface area (Å²) in [6.07, 6.45) is 0. The highest BCUT2D eigenvalue weighted by molar-refractivity contribution is 6.30. The zero-order valence-corrected chi connectivity index (χ0v) is 11.8. The second kappa shape index (κ2) is 6.02. The van der Waals surface area contributed by atoms with Gasteiger partial charge in [0.25, 0.3) is 0 Å². The number of carbonyl (C=O) groups excluding carboxylic acids is 1. The first-order valence-electron chi connectivity index (χ1n) is 6.09. The Labute approximate surface area is 125 Å². The van der Waals surface area contributed by atoms with Crippen LogP contribution in [0.25, 0.3) is 0 Å². The van der Waals surface area contributed by atoms with Crippen LogP contribution in [0.4, 0.5) is 8.78 Å². The SMILES string of the molecule is Cc1cc(C(=O)C(C#N)c2ccc(Cl)cc2)c(F)cc1F. The van der Waals surface area contributed by atoms with E-state index in [2.05, 4.69) is 0 Å². The van der Waals surface area contributed by atoms with Crippen LogP contribution in [0.5, 0.6) is 0 Å². The van der Waals surface area contributed by atoms with Crippen molar-refractivity contribution in [2.45, 2.75) is 12.8 Å². The first-order chi connectivity index (χ1) is 9.93. The molecule has 2 aromatic rings. The van der Waals surface area contributed by atoms with Crippen LogP contribution in [0.15, 0.2) is 36.4 Å². The molecule has 0 saturated carbocycles. The molecule has 1 atom stereocenters. The van der Waals surface area contributed by atoms with Gasteiger partial charge in [-0.2, -0.15) is 5.26 Å². The van der Waals surface area contributed by atoms with Gasteiger partial charge in [-0.15, -0.1) is 0 Å². The summed E-state index contributed by atoms with van der Waals surface area (Å²) in [7, 11) is 0. The number of nitriles is 1. The number of benzene rings is 2. The molecule has 21 heavy (non-hydrogen) atoms. The largest absolute Gasteiger partial charge is 0.292 e.